The van der Waals surface area contributed by atoms with E-state index in [-0.39, 0.29) is 12.2 Å². The second-order valence-corrected chi connectivity index (χ2v) is 5.65. The number of halogens is 4. The molecule has 2 N–H and O–H groups in total. The van der Waals surface area contributed by atoms with Gasteiger partial charge < -0.3 is 10.4 Å². The lowest BCUT2D eigenvalue weighted by Crippen LogP contribution is -2.32. The molecule has 0 radical (unpaired) electrons. The molecule has 0 aliphatic heterocycles. The molecule has 0 saturated heterocycles. The van der Waals surface area contributed by atoms with Crippen molar-refractivity contribution in [2.75, 3.05) is 11.9 Å². The fraction of sp³-hybridized carbons (Fsp3) is 0.417. The molecule has 1 rings (SSSR count). The smallest absolute Gasteiger partial charge is 0.418 e. The summed E-state index contributed by atoms with van der Waals surface area (Å²) in [7, 11) is 0. The van der Waals surface area contributed by atoms with Crippen LogP contribution in [0.2, 0.25) is 0 Å². The van der Waals surface area contributed by atoms with Crippen LogP contribution in [0.1, 0.15) is 19.4 Å². The van der Waals surface area contributed by atoms with Gasteiger partial charge in [0.1, 0.15) is 0 Å². The third kappa shape index (κ3) is 4.12. The third-order valence-electron chi connectivity index (χ3n) is 2.59. The minimum atomic E-state index is -4.50. The first-order valence-corrected chi connectivity index (χ1v) is 6.17. The number of rotatable bonds is 4. The lowest BCUT2D eigenvalue weighted by Gasteiger charge is -2.22. The van der Waals surface area contributed by atoms with Gasteiger partial charge in [0.2, 0.25) is 0 Å². The van der Waals surface area contributed by atoms with Crippen LogP contribution in [0, 0.1) is 5.41 Å². The van der Waals surface area contributed by atoms with Crippen LogP contribution in [-0.4, -0.2) is 17.6 Å². The third-order valence-corrected chi connectivity index (χ3v) is 3.08. The maximum absolute atomic E-state index is 12.8. The van der Waals surface area contributed by atoms with E-state index in [0.29, 0.717) is 4.47 Å². The van der Waals surface area contributed by atoms with E-state index in [1.807, 2.05) is 0 Å². The highest BCUT2D eigenvalue weighted by Crippen LogP contribution is 2.36. The van der Waals surface area contributed by atoms with Gasteiger partial charge in [-0.25, -0.2) is 0 Å². The number of aliphatic carboxylic acids is 1. The number of hydrogen-bond acceptors (Lipinski definition) is 2. The lowest BCUT2D eigenvalue weighted by molar-refractivity contribution is -0.146. The first kappa shape index (κ1) is 15.8. The average molecular weight is 340 g/mol. The Morgan fingerprint density at radius 3 is 2.42 bits per heavy atom. The Hall–Kier alpha value is -1.24. The molecule has 0 aliphatic carbocycles. The van der Waals surface area contributed by atoms with Crippen LogP contribution in [0.15, 0.2) is 22.7 Å². The van der Waals surface area contributed by atoms with E-state index in [9.17, 15) is 18.0 Å². The van der Waals surface area contributed by atoms with Gasteiger partial charge in [0.05, 0.1) is 11.0 Å². The Morgan fingerprint density at radius 2 is 1.95 bits per heavy atom. The zero-order chi connectivity index (χ0) is 14.8. The summed E-state index contributed by atoms with van der Waals surface area (Å²) in [6.07, 6.45) is -4.50. The molecule has 0 unspecified atom stereocenters. The summed E-state index contributed by atoms with van der Waals surface area (Å²) in [5, 5.41) is 11.5. The van der Waals surface area contributed by atoms with E-state index in [2.05, 4.69) is 21.2 Å². The summed E-state index contributed by atoms with van der Waals surface area (Å²) in [4.78, 5) is 10.9. The van der Waals surface area contributed by atoms with Gasteiger partial charge in [-0.15, -0.1) is 0 Å². The van der Waals surface area contributed by atoms with E-state index in [0.717, 1.165) is 6.07 Å². The lowest BCUT2D eigenvalue weighted by atomic mass is 9.93. The van der Waals surface area contributed by atoms with Crippen molar-refractivity contribution < 1.29 is 23.1 Å². The van der Waals surface area contributed by atoms with Gasteiger partial charge >= 0.3 is 12.1 Å². The molecule has 3 nitrogen and oxygen atoms in total. The quantitative estimate of drug-likeness (QED) is 0.871. The SMILES string of the molecule is CC(C)(CNc1ccc(Br)cc1C(F)(F)F)C(=O)O. The van der Waals surface area contributed by atoms with Crippen LogP contribution in [0.4, 0.5) is 18.9 Å². The minimum absolute atomic E-state index is 0.104. The Balaban J connectivity index is 3.00. The second-order valence-electron chi connectivity index (χ2n) is 4.73. The van der Waals surface area contributed by atoms with E-state index in [1.54, 1.807) is 0 Å². The van der Waals surface area contributed by atoms with Gasteiger partial charge in [0.25, 0.3) is 0 Å². The summed E-state index contributed by atoms with van der Waals surface area (Å²) in [6.45, 7) is 2.77. The zero-order valence-electron chi connectivity index (χ0n) is 10.3. The topological polar surface area (TPSA) is 49.3 Å². The molecule has 0 atom stereocenters. The van der Waals surface area contributed by atoms with Crippen molar-refractivity contribution in [3.8, 4) is 0 Å². The van der Waals surface area contributed by atoms with E-state index >= 15 is 0 Å². The van der Waals surface area contributed by atoms with E-state index in [4.69, 9.17) is 5.11 Å². The van der Waals surface area contributed by atoms with Crippen molar-refractivity contribution in [1.82, 2.24) is 0 Å². The largest absolute Gasteiger partial charge is 0.481 e. The van der Waals surface area contributed by atoms with Gasteiger partial charge in [0.15, 0.2) is 0 Å². The predicted octanol–water partition coefficient (Wildman–Crippen LogP) is 3.99. The predicted molar refractivity (Wildman–Crippen MR) is 69.1 cm³/mol. The molecular weight excluding hydrogens is 327 g/mol. The number of carbonyl (C=O) groups is 1. The number of carboxylic acids is 1. The van der Waals surface area contributed by atoms with Crippen LogP contribution in [-0.2, 0) is 11.0 Å². The zero-order valence-corrected chi connectivity index (χ0v) is 11.9. The number of nitrogens with one attached hydrogen (secondary N) is 1. The molecule has 106 valence electrons. The van der Waals surface area contributed by atoms with Crippen LogP contribution in [0.3, 0.4) is 0 Å². The maximum Gasteiger partial charge on any atom is 0.418 e. The highest BCUT2D eigenvalue weighted by Gasteiger charge is 2.34. The van der Waals surface area contributed by atoms with Gasteiger partial charge in [-0.1, -0.05) is 15.9 Å². The van der Waals surface area contributed by atoms with Gasteiger partial charge in [-0.2, -0.15) is 13.2 Å². The number of carboxylic acid groups (broad SMARTS) is 1. The first-order valence-electron chi connectivity index (χ1n) is 5.38. The van der Waals surface area contributed by atoms with Crippen molar-refractivity contribution in [3.05, 3.63) is 28.2 Å². The number of alkyl halides is 3. The standard InChI is InChI=1S/C12H13BrF3NO2/c1-11(2,10(18)19)6-17-9-4-3-7(13)5-8(9)12(14,15)16/h3-5,17H,6H2,1-2H3,(H,18,19). The second kappa shape index (κ2) is 5.40. The summed E-state index contributed by atoms with van der Waals surface area (Å²) < 4.78 is 38.8. The van der Waals surface area contributed by atoms with Gasteiger partial charge in [-0.05, 0) is 32.0 Å². The van der Waals surface area contributed by atoms with E-state index < -0.39 is 23.1 Å². The Kier molecular flexibility index (Phi) is 4.50. The number of hydrogen-bond donors (Lipinski definition) is 2. The summed E-state index contributed by atoms with van der Waals surface area (Å²) in [5.74, 6) is -1.08. The molecule has 1 aromatic rings. The van der Waals surface area contributed by atoms with Crippen LogP contribution >= 0.6 is 15.9 Å². The normalized spacial score (nSPS) is 12.3. The molecule has 19 heavy (non-hydrogen) atoms. The molecule has 0 aliphatic rings. The Labute approximate surface area is 116 Å². The molecule has 0 spiro atoms. The molecule has 0 aromatic heterocycles. The van der Waals surface area contributed by atoms with Crippen LogP contribution < -0.4 is 5.32 Å². The average Bonchev–Trinajstić information content (AvgIpc) is 2.26. The summed E-state index contributed by atoms with van der Waals surface area (Å²) >= 11 is 2.98. The monoisotopic (exact) mass is 339 g/mol. The fourth-order valence-electron chi connectivity index (χ4n) is 1.30. The van der Waals surface area contributed by atoms with Gasteiger partial charge in [0, 0.05) is 16.7 Å². The summed E-state index contributed by atoms with van der Waals surface area (Å²) in [5.41, 5.74) is -2.12. The van der Waals surface area contributed by atoms with Crippen LogP contribution in [0.5, 0.6) is 0 Å². The molecule has 7 heteroatoms. The molecule has 0 heterocycles. The highest BCUT2D eigenvalue weighted by molar-refractivity contribution is 9.10. The highest BCUT2D eigenvalue weighted by atomic mass is 79.9. The molecular formula is C12H13BrF3NO2. The fourth-order valence-corrected chi connectivity index (χ4v) is 1.66. The number of benzene rings is 1. The van der Waals surface area contributed by atoms with Crippen molar-refractivity contribution >= 4 is 27.6 Å². The van der Waals surface area contributed by atoms with Crippen molar-refractivity contribution in [1.29, 1.82) is 0 Å². The Bertz CT molecular complexity index is 486. The van der Waals surface area contributed by atoms with Crippen molar-refractivity contribution in [2.45, 2.75) is 20.0 Å². The van der Waals surface area contributed by atoms with E-state index in [1.165, 1.54) is 26.0 Å². The maximum atomic E-state index is 12.8. The summed E-state index contributed by atoms with van der Waals surface area (Å²) in [6, 6.07) is 3.69. The van der Waals surface area contributed by atoms with Crippen molar-refractivity contribution in [3.63, 3.8) is 0 Å². The minimum Gasteiger partial charge on any atom is -0.481 e. The molecule has 0 saturated carbocycles. The molecule has 0 amide bonds. The van der Waals surface area contributed by atoms with Gasteiger partial charge in [-0.3, -0.25) is 4.79 Å². The molecule has 1 aromatic carbocycles. The first-order chi connectivity index (χ1) is 8.54. The Morgan fingerprint density at radius 1 is 1.37 bits per heavy atom. The van der Waals surface area contributed by atoms with Crippen LogP contribution in [0.25, 0.3) is 0 Å². The molecule has 0 fully saturated rings. The van der Waals surface area contributed by atoms with Crippen molar-refractivity contribution in [2.24, 2.45) is 5.41 Å². The number of anilines is 1. The molecule has 0 bridgehead atoms.